The van der Waals surface area contributed by atoms with Crippen LogP contribution in [0.1, 0.15) is 55.3 Å². The molecule has 0 radical (unpaired) electrons. The fourth-order valence-electron chi connectivity index (χ4n) is 7.16. The normalized spacial score (nSPS) is 30.2. The van der Waals surface area contributed by atoms with Gasteiger partial charge in [0.15, 0.2) is 0 Å². The molecule has 4 aliphatic carbocycles. The summed E-state index contributed by atoms with van der Waals surface area (Å²) in [5.41, 5.74) is 2.05. The standard InChI is InChI=1S/C25H29ClN4O3S/c1-15-2-3-19(9-21(15)26)34(32,33)30-5-4-20-22(13-30)27-14-28-23(20)29-24(31)25-10-16-6-17(11-25)8-18(7-16)12-25/h2-3,9,14,16-18H,4-8,10-13H2,1H3,(H,27,28,29,31). The number of sulfonamides is 1. The van der Waals surface area contributed by atoms with Crippen molar-refractivity contribution in [3.8, 4) is 0 Å². The number of rotatable bonds is 4. The molecule has 2 aromatic rings. The Morgan fingerprint density at radius 1 is 1.12 bits per heavy atom. The van der Waals surface area contributed by atoms with Gasteiger partial charge in [-0.3, -0.25) is 4.79 Å². The molecule has 34 heavy (non-hydrogen) atoms. The molecular weight excluding hydrogens is 472 g/mol. The van der Waals surface area contributed by atoms with E-state index in [4.69, 9.17) is 11.6 Å². The first kappa shape index (κ1) is 22.4. The molecule has 0 spiro atoms. The number of carbonyl (C=O) groups excluding carboxylic acids is 1. The summed E-state index contributed by atoms with van der Waals surface area (Å²) in [5.74, 6) is 2.69. The van der Waals surface area contributed by atoms with E-state index in [9.17, 15) is 13.2 Å². The maximum absolute atomic E-state index is 13.5. The monoisotopic (exact) mass is 500 g/mol. The van der Waals surface area contributed by atoms with E-state index in [1.807, 2.05) is 6.92 Å². The van der Waals surface area contributed by atoms with Crippen molar-refractivity contribution in [2.75, 3.05) is 11.9 Å². The third-order valence-electron chi connectivity index (χ3n) is 8.50. The number of nitrogens with zero attached hydrogens (tertiary/aromatic N) is 3. The molecule has 0 atom stereocenters. The lowest BCUT2D eigenvalue weighted by Crippen LogP contribution is -2.52. The van der Waals surface area contributed by atoms with Gasteiger partial charge in [0, 0.05) is 17.1 Å². The molecule has 1 N–H and O–H groups in total. The van der Waals surface area contributed by atoms with Crippen LogP contribution in [-0.4, -0.2) is 35.1 Å². The predicted octanol–water partition coefficient (Wildman–Crippen LogP) is 4.34. The Labute approximate surface area is 205 Å². The van der Waals surface area contributed by atoms with Crippen molar-refractivity contribution in [1.82, 2.24) is 14.3 Å². The molecule has 0 saturated heterocycles. The molecule has 180 valence electrons. The molecule has 7 nitrogen and oxygen atoms in total. The number of anilines is 1. The number of carbonyl (C=O) groups is 1. The summed E-state index contributed by atoms with van der Waals surface area (Å²) < 4.78 is 27.9. The van der Waals surface area contributed by atoms with E-state index in [-0.39, 0.29) is 22.8 Å². The zero-order valence-corrected chi connectivity index (χ0v) is 20.8. The Morgan fingerprint density at radius 3 is 2.44 bits per heavy atom. The Hall–Kier alpha value is -2.03. The predicted molar refractivity (Wildman–Crippen MR) is 129 cm³/mol. The van der Waals surface area contributed by atoms with Gasteiger partial charge in [-0.15, -0.1) is 0 Å². The number of aryl methyl sites for hydroxylation is 1. The van der Waals surface area contributed by atoms with Gasteiger partial charge in [-0.05, 0) is 87.3 Å². The molecule has 9 heteroatoms. The van der Waals surface area contributed by atoms with Crippen LogP contribution in [0, 0.1) is 30.1 Å². The van der Waals surface area contributed by atoms with Gasteiger partial charge >= 0.3 is 0 Å². The van der Waals surface area contributed by atoms with E-state index >= 15 is 0 Å². The van der Waals surface area contributed by atoms with Gasteiger partial charge < -0.3 is 5.32 Å². The first-order valence-corrected chi connectivity index (χ1v) is 14.0. The molecule has 7 rings (SSSR count). The molecule has 4 bridgehead atoms. The van der Waals surface area contributed by atoms with E-state index in [0.29, 0.717) is 47.3 Å². The van der Waals surface area contributed by atoms with Crippen molar-refractivity contribution in [3.05, 3.63) is 46.4 Å². The van der Waals surface area contributed by atoms with Crippen LogP contribution in [-0.2, 0) is 27.8 Å². The number of nitrogens with one attached hydrogen (secondary N) is 1. The third kappa shape index (κ3) is 3.65. The fourth-order valence-corrected chi connectivity index (χ4v) is 8.83. The van der Waals surface area contributed by atoms with E-state index in [2.05, 4.69) is 15.3 Å². The summed E-state index contributed by atoms with van der Waals surface area (Å²) in [7, 11) is -3.71. The summed E-state index contributed by atoms with van der Waals surface area (Å²) >= 11 is 6.18. The van der Waals surface area contributed by atoms with Crippen LogP contribution < -0.4 is 5.32 Å². The van der Waals surface area contributed by atoms with Gasteiger partial charge in [0.25, 0.3) is 0 Å². The van der Waals surface area contributed by atoms with Crippen LogP contribution in [0.4, 0.5) is 5.82 Å². The Kier molecular flexibility index (Phi) is 5.28. The summed E-state index contributed by atoms with van der Waals surface area (Å²) in [5, 5.41) is 3.58. The highest BCUT2D eigenvalue weighted by Gasteiger charge is 2.54. The lowest BCUT2D eigenvalue weighted by molar-refractivity contribution is -0.140. The summed E-state index contributed by atoms with van der Waals surface area (Å²) in [6.45, 7) is 2.28. The van der Waals surface area contributed by atoms with E-state index in [1.54, 1.807) is 12.1 Å². The van der Waals surface area contributed by atoms with Crippen molar-refractivity contribution in [1.29, 1.82) is 0 Å². The average Bonchev–Trinajstić information content (AvgIpc) is 2.79. The SMILES string of the molecule is Cc1ccc(S(=O)(=O)N2CCc3c(ncnc3NC(=O)C34CC5CC(CC(C5)C3)C4)C2)cc1Cl. The Bertz CT molecular complexity index is 1240. The number of aromatic nitrogens is 2. The summed E-state index contributed by atoms with van der Waals surface area (Å²) in [6.07, 6.45) is 8.69. The average molecular weight is 501 g/mol. The Morgan fingerprint density at radius 2 is 1.79 bits per heavy atom. The highest BCUT2D eigenvalue weighted by Crippen LogP contribution is 2.60. The maximum Gasteiger partial charge on any atom is 0.243 e. The summed E-state index contributed by atoms with van der Waals surface area (Å²) in [6, 6.07) is 4.80. The van der Waals surface area contributed by atoms with Gasteiger partial charge in [-0.2, -0.15) is 4.31 Å². The second kappa shape index (κ2) is 8.00. The van der Waals surface area contributed by atoms with Crippen molar-refractivity contribution in [2.24, 2.45) is 23.2 Å². The minimum absolute atomic E-state index is 0.0943. The minimum Gasteiger partial charge on any atom is -0.310 e. The maximum atomic E-state index is 13.5. The van der Waals surface area contributed by atoms with Crippen LogP contribution in [0.25, 0.3) is 0 Å². The van der Waals surface area contributed by atoms with Crippen molar-refractivity contribution in [3.63, 3.8) is 0 Å². The van der Waals surface area contributed by atoms with E-state index in [1.165, 1.54) is 36.0 Å². The first-order chi connectivity index (χ1) is 16.2. The van der Waals surface area contributed by atoms with Crippen molar-refractivity contribution in [2.45, 2.75) is 63.3 Å². The fraction of sp³-hybridized carbons (Fsp3) is 0.560. The third-order valence-corrected chi connectivity index (χ3v) is 10.8. The van der Waals surface area contributed by atoms with Crippen LogP contribution in [0.5, 0.6) is 0 Å². The van der Waals surface area contributed by atoms with Gasteiger partial charge in [-0.1, -0.05) is 17.7 Å². The molecule has 0 unspecified atom stereocenters. The van der Waals surface area contributed by atoms with Gasteiger partial charge in [-0.25, -0.2) is 18.4 Å². The van der Waals surface area contributed by atoms with Crippen LogP contribution in [0.3, 0.4) is 0 Å². The number of hydrogen-bond donors (Lipinski definition) is 1. The van der Waals surface area contributed by atoms with Crippen molar-refractivity contribution < 1.29 is 13.2 Å². The number of amides is 1. The highest BCUT2D eigenvalue weighted by atomic mass is 35.5. The number of benzene rings is 1. The van der Waals surface area contributed by atoms with Crippen LogP contribution in [0.2, 0.25) is 5.02 Å². The smallest absolute Gasteiger partial charge is 0.243 e. The molecule has 4 saturated carbocycles. The second-order valence-electron chi connectivity index (χ2n) is 10.8. The molecule has 1 aromatic carbocycles. The molecule has 5 aliphatic rings. The number of fused-ring (bicyclic) bond motifs is 1. The van der Waals surface area contributed by atoms with Crippen LogP contribution in [0.15, 0.2) is 29.4 Å². The lowest BCUT2D eigenvalue weighted by Gasteiger charge is -2.55. The zero-order chi connectivity index (χ0) is 23.7. The number of halogens is 1. The zero-order valence-electron chi connectivity index (χ0n) is 19.3. The minimum atomic E-state index is -3.71. The van der Waals surface area contributed by atoms with Gasteiger partial charge in [0.05, 0.1) is 22.5 Å². The molecule has 1 aliphatic heterocycles. The topological polar surface area (TPSA) is 92.3 Å². The van der Waals surface area contributed by atoms with Gasteiger partial charge in [0.2, 0.25) is 15.9 Å². The van der Waals surface area contributed by atoms with Crippen molar-refractivity contribution >= 4 is 33.3 Å². The molecule has 1 amide bonds. The first-order valence-electron chi connectivity index (χ1n) is 12.1. The van der Waals surface area contributed by atoms with Crippen LogP contribution >= 0.6 is 11.6 Å². The summed E-state index contributed by atoms with van der Waals surface area (Å²) in [4.78, 5) is 22.5. The second-order valence-corrected chi connectivity index (χ2v) is 13.1. The lowest BCUT2D eigenvalue weighted by atomic mass is 9.49. The molecule has 2 heterocycles. The molecule has 1 aromatic heterocycles. The highest BCUT2D eigenvalue weighted by molar-refractivity contribution is 7.89. The number of hydrogen-bond acceptors (Lipinski definition) is 5. The van der Waals surface area contributed by atoms with Gasteiger partial charge in [0.1, 0.15) is 12.1 Å². The van der Waals surface area contributed by atoms with E-state index in [0.717, 1.165) is 30.4 Å². The molecular formula is C25H29ClN4O3S. The largest absolute Gasteiger partial charge is 0.310 e. The quantitative estimate of drug-likeness (QED) is 0.674. The Balaban J connectivity index is 1.23. The van der Waals surface area contributed by atoms with E-state index < -0.39 is 10.0 Å². The molecule has 4 fully saturated rings.